The summed E-state index contributed by atoms with van der Waals surface area (Å²) in [5, 5.41) is 11.9. The summed E-state index contributed by atoms with van der Waals surface area (Å²) < 4.78 is 26.3. The molecule has 0 amide bonds. The molecule has 0 aliphatic carbocycles. The largest absolute Gasteiger partial charge is 0.314 e. The van der Waals surface area contributed by atoms with Crippen molar-refractivity contribution in [3.8, 4) is 6.07 Å². The normalized spacial score (nSPS) is 20.9. The van der Waals surface area contributed by atoms with Gasteiger partial charge in [0.15, 0.2) is 0 Å². The van der Waals surface area contributed by atoms with Crippen LogP contribution >= 0.6 is 0 Å². The molecule has 1 aromatic rings. The lowest BCUT2D eigenvalue weighted by atomic mass is 10.2. The highest BCUT2D eigenvalue weighted by molar-refractivity contribution is 7.88. The first-order valence-corrected chi connectivity index (χ1v) is 7.83. The average Bonchev–Trinajstić information content (AvgIpc) is 2.39. The summed E-state index contributed by atoms with van der Waals surface area (Å²) in [6.45, 7) is 3.80. The van der Waals surface area contributed by atoms with E-state index in [1.807, 2.05) is 13.0 Å². The van der Waals surface area contributed by atoms with Crippen LogP contribution in [0.3, 0.4) is 0 Å². The van der Waals surface area contributed by atoms with E-state index in [9.17, 15) is 8.42 Å². The highest BCUT2D eigenvalue weighted by atomic mass is 32.2. The van der Waals surface area contributed by atoms with E-state index in [4.69, 9.17) is 5.26 Å². The second-order valence-electron chi connectivity index (χ2n) is 4.73. The first-order valence-electron chi connectivity index (χ1n) is 6.22. The van der Waals surface area contributed by atoms with E-state index in [0.29, 0.717) is 30.8 Å². The third kappa shape index (κ3) is 3.32. The molecule has 1 saturated heterocycles. The van der Waals surface area contributed by atoms with Crippen molar-refractivity contribution in [1.29, 1.82) is 5.26 Å². The number of hydrogen-bond donors (Lipinski definition) is 1. The molecule has 0 radical (unpaired) electrons. The van der Waals surface area contributed by atoms with Gasteiger partial charge in [-0.05, 0) is 24.6 Å². The van der Waals surface area contributed by atoms with Crippen LogP contribution in [-0.2, 0) is 15.8 Å². The van der Waals surface area contributed by atoms with Crippen molar-refractivity contribution in [2.75, 3.05) is 19.6 Å². The van der Waals surface area contributed by atoms with E-state index < -0.39 is 10.0 Å². The summed E-state index contributed by atoms with van der Waals surface area (Å²) >= 11 is 0. The first kappa shape index (κ1) is 14.0. The summed E-state index contributed by atoms with van der Waals surface area (Å²) in [7, 11) is -3.29. The fourth-order valence-electron chi connectivity index (χ4n) is 2.20. The molecule has 1 N–H and O–H groups in total. The Labute approximate surface area is 113 Å². The van der Waals surface area contributed by atoms with Gasteiger partial charge >= 0.3 is 0 Å². The molecule has 102 valence electrons. The summed E-state index contributed by atoms with van der Waals surface area (Å²) in [5.74, 6) is -0.0109. The van der Waals surface area contributed by atoms with Crippen molar-refractivity contribution in [2.45, 2.75) is 18.7 Å². The van der Waals surface area contributed by atoms with Crippen molar-refractivity contribution in [3.05, 3.63) is 35.4 Å². The van der Waals surface area contributed by atoms with Crippen LogP contribution in [-0.4, -0.2) is 38.4 Å². The second-order valence-corrected chi connectivity index (χ2v) is 6.65. The minimum absolute atomic E-state index is 0.0109. The molecule has 1 fully saturated rings. The topological polar surface area (TPSA) is 73.2 Å². The summed E-state index contributed by atoms with van der Waals surface area (Å²) in [5.41, 5.74) is 1.25. The molecule has 1 aliphatic heterocycles. The summed E-state index contributed by atoms with van der Waals surface area (Å²) in [4.78, 5) is 0. The zero-order chi connectivity index (χ0) is 13.9. The zero-order valence-electron chi connectivity index (χ0n) is 10.8. The Hall–Kier alpha value is -1.42. The highest BCUT2D eigenvalue weighted by Crippen LogP contribution is 2.15. The van der Waals surface area contributed by atoms with Gasteiger partial charge in [0.2, 0.25) is 10.0 Å². The lowest BCUT2D eigenvalue weighted by Gasteiger charge is -2.32. The van der Waals surface area contributed by atoms with Gasteiger partial charge in [-0.15, -0.1) is 0 Å². The van der Waals surface area contributed by atoms with E-state index in [2.05, 4.69) is 5.32 Å². The SMILES string of the molecule is CC1CNCCN1S(=O)(=O)Cc1ccc(C#N)cc1. The van der Waals surface area contributed by atoms with E-state index in [0.717, 1.165) is 0 Å². The van der Waals surface area contributed by atoms with Gasteiger partial charge in [-0.3, -0.25) is 0 Å². The number of hydrogen-bond acceptors (Lipinski definition) is 4. The van der Waals surface area contributed by atoms with Crippen LogP contribution < -0.4 is 5.32 Å². The molecule has 1 aromatic carbocycles. The first-order chi connectivity index (χ1) is 9.03. The monoisotopic (exact) mass is 279 g/mol. The van der Waals surface area contributed by atoms with Gasteiger partial charge in [0.25, 0.3) is 0 Å². The molecule has 0 bridgehead atoms. The van der Waals surface area contributed by atoms with Crippen molar-refractivity contribution in [3.63, 3.8) is 0 Å². The van der Waals surface area contributed by atoms with Crippen LogP contribution in [0.4, 0.5) is 0 Å². The predicted octanol–water partition coefficient (Wildman–Crippen LogP) is 0.682. The van der Waals surface area contributed by atoms with E-state index in [1.54, 1.807) is 28.6 Å². The van der Waals surface area contributed by atoms with Crippen molar-refractivity contribution in [2.24, 2.45) is 0 Å². The lowest BCUT2D eigenvalue weighted by molar-refractivity contribution is 0.283. The fourth-order valence-corrected chi connectivity index (χ4v) is 3.98. The van der Waals surface area contributed by atoms with Crippen LogP contribution in [0.25, 0.3) is 0 Å². The smallest absolute Gasteiger partial charge is 0.218 e. The maximum absolute atomic E-state index is 12.4. The zero-order valence-corrected chi connectivity index (χ0v) is 11.7. The Kier molecular flexibility index (Phi) is 4.20. The van der Waals surface area contributed by atoms with E-state index in [-0.39, 0.29) is 11.8 Å². The van der Waals surface area contributed by atoms with Crippen LogP contribution in [0.15, 0.2) is 24.3 Å². The van der Waals surface area contributed by atoms with Crippen LogP contribution in [0, 0.1) is 11.3 Å². The van der Waals surface area contributed by atoms with E-state index >= 15 is 0 Å². The van der Waals surface area contributed by atoms with Gasteiger partial charge in [-0.1, -0.05) is 12.1 Å². The van der Waals surface area contributed by atoms with Gasteiger partial charge < -0.3 is 5.32 Å². The number of benzene rings is 1. The Morgan fingerprint density at radius 2 is 2.11 bits per heavy atom. The third-order valence-electron chi connectivity index (χ3n) is 3.23. The molecule has 1 atom stereocenters. The number of rotatable bonds is 3. The Balaban J connectivity index is 2.14. The molecule has 1 unspecified atom stereocenters. The quantitative estimate of drug-likeness (QED) is 0.883. The van der Waals surface area contributed by atoms with E-state index in [1.165, 1.54) is 0 Å². The number of piperazine rings is 1. The van der Waals surface area contributed by atoms with Gasteiger partial charge in [-0.2, -0.15) is 9.57 Å². The molecule has 1 heterocycles. The molecule has 19 heavy (non-hydrogen) atoms. The molecule has 0 saturated carbocycles. The third-order valence-corrected chi connectivity index (χ3v) is 5.18. The highest BCUT2D eigenvalue weighted by Gasteiger charge is 2.29. The summed E-state index contributed by atoms with van der Waals surface area (Å²) in [6.07, 6.45) is 0. The molecular weight excluding hydrogens is 262 g/mol. The minimum Gasteiger partial charge on any atom is -0.314 e. The van der Waals surface area contributed by atoms with Gasteiger partial charge in [0.1, 0.15) is 0 Å². The Bertz CT molecular complexity index is 575. The second kappa shape index (κ2) is 5.70. The van der Waals surface area contributed by atoms with Gasteiger partial charge in [0.05, 0.1) is 17.4 Å². The molecular formula is C13H17N3O2S. The molecule has 2 rings (SSSR count). The standard InChI is InChI=1S/C13H17N3O2S/c1-11-9-15-6-7-16(11)19(17,18)10-13-4-2-12(8-14)3-5-13/h2-5,11,15H,6-7,9-10H2,1H3. The maximum atomic E-state index is 12.4. The van der Waals surface area contributed by atoms with Crippen LogP contribution in [0.1, 0.15) is 18.1 Å². The number of nitrogens with zero attached hydrogens (tertiary/aromatic N) is 2. The fraction of sp³-hybridized carbons (Fsp3) is 0.462. The minimum atomic E-state index is -3.29. The van der Waals surface area contributed by atoms with Gasteiger partial charge in [0, 0.05) is 25.7 Å². The molecule has 5 nitrogen and oxygen atoms in total. The number of nitriles is 1. The average molecular weight is 279 g/mol. The molecule has 1 aliphatic rings. The molecule has 6 heteroatoms. The Morgan fingerprint density at radius 1 is 1.42 bits per heavy atom. The van der Waals surface area contributed by atoms with Crippen molar-refractivity contribution in [1.82, 2.24) is 9.62 Å². The summed E-state index contributed by atoms with van der Waals surface area (Å²) in [6, 6.07) is 8.69. The Morgan fingerprint density at radius 3 is 2.68 bits per heavy atom. The number of nitrogens with one attached hydrogen (secondary N) is 1. The lowest BCUT2D eigenvalue weighted by Crippen LogP contribution is -2.52. The molecule has 0 aromatic heterocycles. The van der Waals surface area contributed by atoms with Crippen LogP contribution in [0.5, 0.6) is 0 Å². The van der Waals surface area contributed by atoms with Crippen molar-refractivity contribution >= 4 is 10.0 Å². The molecule has 0 spiro atoms. The van der Waals surface area contributed by atoms with Gasteiger partial charge in [-0.25, -0.2) is 8.42 Å². The number of sulfonamides is 1. The maximum Gasteiger partial charge on any atom is 0.218 e. The van der Waals surface area contributed by atoms with Crippen LogP contribution in [0.2, 0.25) is 0 Å². The van der Waals surface area contributed by atoms with Crippen molar-refractivity contribution < 1.29 is 8.42 Å². The predicted molar refractivity (Wildman–Crippen MR) is 72.8 cm³/mol.